The second kappa shape index (κ2) is 6.91. The molecule has 2 aromatic rings. The van der Waals surface area contributed by atoms with Gasteiger partial charge in [-0.2, -0.15) is 0 Å². The number of ether oxygens (including phenoxy) is 3. The van der Waals surface area contributed by atoms with E-state index in [9.17, 15) is 4.79 Å². The Bertz CT molecular complexity index is 886. The fourth-order valence-electron chi connectivity index (χ4n) is 4.50. The lowest BCUT2D eigenvalue weighted by molar-refractivity contribution is -0.144. The average Bonchev–Trinajstić information content (AvgIpc) is 2.97. The highest BCUT2D eigenvalue weighted by Crippen LogP contribution is 2.49. The van der Waals surface area contributed by atoms with Crippen LogP contribution in [-0.4, -0.2) is 13.1 Å². The largest absolute Gasteiger partial charge is 0.497 e. The van der Waals surface area contributed by atoms with E-state index in [4.69, 9.17) is 14.2 Å². The maximum Gasteiger partial charge on any atom is 0.309 e. The van der Waals surface area contributed by atoms with Gasteiger partial charge in [-0.1, -0.05) is 19.1 Å². The van der Waals surface area contributed by atoms with E-state index in [0.717, 1.165) is 35.5 Å². The molecule has 2 aromatic carbocycles. The van der Waals surface area contributed by atoms with Crippen LogP contribution in [0.3, 0.4) is 0 Å². The van der Waals surface area contributed by atoms with E-state index in [0.29, 0.717) is 6.61 Å². The highest BCUT2D eigenvalue weighted by Gasteiger charge is 2.46. The smallest absolute Gasteiger partial charge is 0.309 e. The standard InChI is InChI=1S/C23H26O4/c1-13-10-20(26-12-16-6-5-7-17(11-16)25-4)15(3)21-18(13)8-9-19-14(2)23(24)27-22(19)21/h5-7,10-11,14,19,22H,8-9,12H2,1-4H3/t14-,19+,22-/m1/s1. The molecule has 0 bridgehead atoms. The lowest BCUT2D eigenvalue weighted by atomic mass is 9.74. The lowest BCUT2D eigenvalue weighted by Crippen LogP contribution is -2.22. The predicted molar refractivity (Wildman–Crippen MR) is 103 cm³/mol. The van der Waals surface area contributed by atoms with Crippen LogP contribution in [0, 0.1) is 25.7 Å². The van der Waals surface area contributed by atoms with Crippen LogP contribution in [0.4, 0.5) is 0 Å². The maximum absolute atomic E-state index is 12.1. The van der Waals surface area contributed by atoms with Gasteiger partial charge in [-0.3, -0.25) is 4.79 Å². The summed E-state index contributed by atoms with van der Waals surface area (Å²) in [6.07, 6.45) is 1.88. The molecule has 0 saturated carbocycles. The van der Waals surface area contributed by atoms with Gasteiger partial charge in [0, 0.05) is 11.5 Å². The van der Waals surface area contributed by atoms with Crippen LogP contribution in [0.1, 0.15) is 47.3 Å². The molecular formula is C23H26O4. The van der Waals surface area contributed by atoms with E-state index in [1.807, 2.05) is 31.2 Å². The Morgan fingerprint density at radius 1 is 1.22 bits per heavy atom. The number of esters is 1. The molecule has 142 valence electrons. The Balaban J connectivity index is 1.65. The van der Waals surface area contributed by atoms with Crippen molar-refractivity contribution in [1.29, 1.82) is 0 Å². The highest BCUT2D eigenvalue weighted by atomic mass is 16.6. The number of methoxy groups -OCH3 is 1. The Kier molecular flexibility index (Phi) is 4.58. The minimum absolute atomic E-state index is 0.0239. The van der Waals surface area contributed by atoms with Crippen molar-refractivity contribution in [3.63, 3.8) is 0 Å². The molecule has 3 atom stereocenters. The first-order valence-electron chi connectivity index (χ1n) is 9.58. The summed E-state index contributed by atoms with van der Waals surface area (Å²) in [7, 11) is 1.66. The number of carbonyl (C=O) groups is 1. The summed E-state index contributed by atoms with van der Waals surface area (Å²) in [4.78, 5) is 12.1. The predicted octanol–water partition coefficient (Wildman–Crippen LogP) is 4.69. The van der Waals surface area contributed by atoms with Crippen LogP contribution < -0.4 is 9.47 Å². The minimum Gasteiger partial charge on any atom is -0.497 e. The van der Waals surface area contributed by atoms with E-state index < -0.39 is 0 Å². The van der Waals surface area contributed by atoms with Crippen molar-refractivity contribution in [2.45, 2.75) is 46.3 Å². The molecule has 4 heteroatoms. The third-order valence-electron chi connectivity index (χ3n) is 6.11. The molecule has 2 aliphatic rings. The van der Waals surface area contributed by atoms with Crippen LogP contribution in [0.15, 0.2) is 30.3 Å². The van der Waals surface area contributed by atoms with Crippen LogP contribution in [-0.2, 0) is 22.6 Å². The molecule has 0 spiro atoms. The molecular weight excluding hydrogens is 340 g/mol. The summed E-state index contributed by atoms with van der Waals surface area (Å²) in [5.41, 5.74) is 5.86. The SMILES string of the molecule is COc1cccc(COc2cc(C)c3c(c2C)[C@@H]2OC(=O)[C@H](C)[C@@H]2CC3)c1. The molecule has 0 unspecified atom stereocenters. The van der Waals surface area contributed by atoms with Gasteiger partial charge in [0.25, 0.3) is 0 Å². The first-order chi connectivity index (χ1) is 13.0. The van der Waals surface area contributed by atoms with Gasteiger partial charge in [0.05, 0.1) is 13.0 Å². The van der Waals surface area contributed by atoms with Gasteiger partial charge in [-0.05, 0) is 67.1 Å². The van der Waals surface area contributed by atoms with Gasteiger partial charge in [-0.25, -0.2) is 0 Å². The Labute approximate surface area is 160 Å². The molecule has 4 rings (SSSR count). The zero-order valence-corrected chi connectivity index (χ0v) is 16.4. The topological polar surface area (TPSA) is 44.8 Å². The lowest BCUT2D eigenvalue weighted by Gasteiger charge is -2.31. The Hall–Kier alpha value is -2.49. The van der Waals surface area contributed by atoms with Crippen molar-refractivity contribution in [3.05, 3.63) is 58.1 Å². The van der Waals surface area contributed by atoms with Gasteiger partial charge < -0.3 is 14.2 Å². The van der Waals surface area contributed by atoms with Crippen molar-refractivity contribution in [3.8, 4) is 11.5 Å². The molecule has 1 fully saturated rings. The molecule has 1 aliphatic heterocycles. The van der Waals surface area contributed by atoms with Crippen LogP contribution in [0.2, 0.25) is 0 Å². The molecule has 27 heavy (non-hydrogen) atoms. The first-order valence-corrected chi connectivity index (χ1v) is 9.58. The molecule has 1 heterocycles. The van der Waals surface area contributed by atoms with E-state index in [1.54, 1.807) is 7.11 Å². The van der Waals surface area contributed by atoms with Gasteiger partial charge in [-0.15, -0.1) is 0 Å². The van der Waals surface area contributed by atoms with Crippen LogP contribution in [0.25, 0.3) is 0 Å². The van der Waals surface area contributed by atoms with Crippen molar-refractivity contribution in [1.82, 2.24) is 0 Å². The van der Waals surface area contributed by atoms with E-state index in [2.05, 4.69) is 19.9 Å². The molecule has 0 amide bonds. The zero-order valence-electron chi connectivity index (χ0n) is 16.4. The normalized spacial score (nSPS) is 23.4. The first kappa shape index (κ1) is 17.9. The van der Waals surface area contributed by atoms with Gasteiger partial charge >= 0.3 is 5.97 Å². The summed E-state index contributed by atoms with van der Waals surface area (Å²) in [6.45, 7) is 6.67. The summed E-state index contributed by atoms with van der Waals surface area (Å²) in [5, 5.41) is 0. The number of hydrogen-bond acceptors (Lipinski definition) is 4. The number of carbonyl (C=O) groups excluding carboxylic acids is 1. The molecule has 0 N–H and O–H groups in total. The number of fused-ring (bicyclic) bond motifs is 3. The van der Waals surface area contributed by atoms with Gasteiger partial charge in [0.15, 0.2) is 0 Å². The summed E-state index contributed by atoms with van der Waals surface area (Å²) < 4.78 is 17.2. The molecule has 1 aliphatic carbocycles. The number of aryl methyl sites for hydroxylation is 1. The van der Waals surface area contributed by atoms with Crippen molar-refractivity contribution >= 4 is 5.97 Å². The average molecular weight is 366 g/mol. The zero-order chi connectivity index (χ0) is 19.1. The van der Waals surface area contributed by atoms with Crippen LogP contribution in [0.5, 0.6) is 11.5 Å². The van der Waals surface area contributed by atoms with Gasteiger partial charge in [0.2, 0.25) is 0 Å². The highest BCUT2D eigenvalue weighted by molar-refractivity contribution is 5.76. The Morgan fingerprint density at radius 2 is 2.04 bits per heavy atom. The van der Waals surface area contributed by atoms with Gasteiger partial charge in [0.1, 0.15) is 24.2 Å². The molecule has 1 saturated heterocycles. The molecule has 0 aromatic heterocycles. The fourth-order valence-corrected chi connectivity index (χ4v) is 4.50. The number of hydrogen-bond donors (Lipinski definition) is 0. The van der Waals surface area contributed by atoms with E-state index >= 15 is 0 Å². The van der Waals surface area contributed by atoms with Crippen molar-refractivity contribution < 1.29 is 19.0 Å². The minimum atomic E-state index is -0.129. The second-order valence-electron chi connectivity index (χ2n) is 7.70. The van der Waals surface area contributed by atoms with Crippen LogP contribution >= 0.6 is 0 Å². The summed E-state index contributed by atoms with van der Waals surface area (Å²) in [5.74, 6) is 1.87. The van der Waals surface area contributed by atoms with E-state index in [1.165, 1.54) is 16.7 Å². The summed E-state index contributed by atoms with van der Waals surface area (Å²) >= 11 is 0. The third-order valence-corrected chi connectivity index (χ3v) is 6.11. The maximum atomic E-state index is 12.1. The van der Waals surface area contributed by atoms with Crippen molar-refractivity contribution in [2.24, 2.45) is 11.8 Å². The molecule has 0 radical (unpaired) electrons. The summed E-state index contributed by atoms with van der Waals surface area (Å²) in [6, 6.07) is 10.0. The number of benzene rings is 2. The quantitative estimate of drug-likeness (QED) is 0.737. The fraction of sp³-hybridized carbons (Fsp3) is 0.435. The molecule has 4 nitrogen and oxygen atoms in total. The second-order valence-corrected chi connectivity index (χ2v) is 7.70. The van der Waals surface area contributed by atoms with Crippen molar-refractivity contribution in [2.75, 3.05) is 7.11 Å². The van der Waals surface area contributed by atoms with E-state index in [-0.39, 0.29) is 23.9 Å². The Morgan fingerprint density at radius 3 is 2.81 bits per heavy atom. The number of rotatable bonds is 4. The monoisotopic (exact) mass is 366 g/mol. The third kappa shape index (κ3) is 3.07.